The lowest BCUT2D eigenvalue weighted by Gasteiger charge is -2.23. The zero-order valence-corrected chi connectivity index (χ0v) is 18.7. The van der Waals surface area contributed by atoms with E-state index in [9.17, 15) is 9.59 Å². The van der Waals surface area contributed by atoms with Crippen molar-refractivity contribution in [3.63, 3.8) is 0 Å². The third-order valence-electron chi connectivity index (χ3n) is 6.13. The molecule has 0 radical (unpaired) electrons. The van der Waals surface area contributed by atoms with Crippen LogP contribution in [0.1, 0.15) is 42.3 Å². The Labute approximate surface area is 190 Å². The maximum Gasteiger partial charge on any atom is 0.223 e. The summed E-state index contributed by atoms with van der Waals surface area (Å²) in [6.45, 7) is 1.30. The van der Waals surface area contributed by atoms with Gasteiger partial charge in [-0.05, 0) is 43.0 Å². The number of thiazole rings is 1. The summed E-state index contributed by atoms with van der Waals surface area (Å²) in [4.78, 5) is 35.1. The molecule has 1 saturated heterocycles. The molecule has 4 aromatic rings. The molecule has 3 heterocycles. The maximum atomic E-state index is 12.9. The van der Waals surface area contributed by atoms with Crippen molar-refractivity contribution in [2.75, 3.05) is 13.1 Å². The minimum absolute atomic E-state index is 0.0323. The molecule has 2 amide bonds. The third kappa shape index (κ3) is 4.25. The highest BCUT2D eigenvalue weighted by atomic mass is 32.1. The van der Waals surface area contributed by atoms with E-state index in [-0.39, 0.29) is 30.7 Å². The molecule has 2 aromatic heterocycles. The Hall–Kier alpha value is -3.19. The lowest BCUT2D eigenvalue weighted by atomic mass is 10.1. The van der Waals surface area contributed by atoms with E-state index in [1.54, 1.807) is 11.3 Å². The van der Waals surface area contributed by atoms with Gasteiger partial charge in [0, 0.05) is 43.0 Å². The van der Waals surface area contributed by atoms with Crippen molar-refractivity contribution in [1.82, 2.24) is 20.2 Å². The number of fused-ring (bicyclic) bond motifs is 2. The predicted octanol–water partition coefficient (Wildman–Crippen LogP) is 4.58. The number of amides is 2. The highest BCUT2D eigenvalue weighted by Crippen LogP contribution is 2.36. The van der Waals surface area contributed by atoms with Gasteiger partial charge >= 0.3 is 0 Å². The van der Waals surface area contributed by atoms with E-state index in [2.05, 4.69) is 22.4 Å². The van der Waals surface area contributed by atoms with E-state index in [1.807, 2.05) is 47.5 Å². The SMILES string of the molecule is O=C(CCC(=O)N1CCCC1c1nc2ccccc2s1)NCCc1c[nH]c2ccccc12. The van der Waals surface area contributed by atoms with Gasteiger partial charge in [0.1, 0.15) is 5.01 Å². The highest BCUT2D eigenvalue weighted by Gasteiger charge is 2.32. The van der Waals surface area contributed by atoms with Crippen LogP contribution in [0.3, 0.4) is 0 Å². The van der Waals surface area contributed by atoms with Gasteiger partial charge in [0.25, 0.3) is 0 Å². The van der Waals surface area contributed by atoms with Crippen molar-refractivity contribution in [3.8, 4) is 0 Å². The summed E-state index contributed by atoms with van der Waals surface area (Å²) < 4.78 is 1.15. The minimum atomic E-state index is -0.0751. The summed E-state index contributed by atoms with van der Waals surface area (Å²) in [7, 11) is 0. The largest absolute Gasteiger partial charge is 0.361 e. The molecule has 6 nitrogen and oxygen atoms in total. The van der Waals surface area contributed by atoms with Gasteiger partial charge < -0.3 is 15.2 Å². The second kappa shape index (κ2) is 9.12. The second-order valence-electron chi connectivity index (χ2n) is 8.22. The Kier molecular flexibility index (Phi) is 5.90. The summed E-state index contributed by atoms with van der Waals surface area (Å²) in [6.07, 6.45) is 5.12. The van der Waals surface area contributed by atoms with Gasteiger partial charge in [-0.1, -0.05) is 30.3 Å². The number of carbonyl (C=O) groups excluding carboxylic acids is 2. The van der Waals surface area contributed by atoms with Crippen LogP contribution < -0.4 is 5.32 Å². The molecule has 0 aliphatic carbocycles. The van der Waals surface area contributed by atoms with Crippen molar-refractivity contribution >= 4 is 44.3 Å². The van der Waals surface area contributed by atoms with Gasteiger partial charge in [-0.15, -0.1) is 11.3 Å². The van der Waals surface area contributed by atoms with E-state index < -0.39 is 0 Å². The van der Waals surface area contributed by atoms with Crippen LogP contribution in [0.25, 0.3) is 21.1 Å². The minimum Gasteiger partial charge on any atom is -0.361 e. The van der Waals surface area contributed by atoms with Crippen LogP contribution in [-0.2, 0) is 16.0 Å². The Morgan fingerprint density at radius 3 is 2.88 bits per heavy atom. The number of nitrogens with one attached hydrogen (secondary N) is 2. The van der Waals surface area contributed by atoms with Crippen LogP contribution in [0, 0.1) is 0 Å². The fourth-order valence-corrected chi connectivity index (χ4v) is 5.60. The van der Waals surface area contributed by atoms with Gasteiger partial charge in [0.2, 0.25) is 11.8 Å². The number of benzene rings is 2. The summed E-state index contributed by atoms with van der Waals surface area (Å²) >= 11 is 1.66. The molecule has 1 atom stereocenters. The average molecular weight is 447 g/mol. The summed E-state index contributed by atoms with van der Waals surface area (Å²) in [5.74, 6) is -0.0348. The van der Waals surface area contributed by atoms with Crippen LogP contribution in [0.15, 0.2) is 54.7 Å². The summed E-state index contributed by atoms with van der Waals surface area (Å²) in [6, 6.07) is 16.3. The molecule has 1 aliphatic rings. The molecule has 7 heteroatoms. The number of rotatable bonds is 7. The number of hydrogen-bond acceptors (Lipinski definition) is 4. The van der Waals surface area contributed by atoms with Gasteiger partial charge in [0.05, 0.1) is 16.3 Å². The molecule has 1 aliphatic heterocycles. The number of likely N-dealkylation sites (tertiary alicyclic amines) is 1. The van der Waals surface area contributed by atoms with Crippen LogP contribution in [-0.4, -0.2) is 39.8 Å². The molecule has 2 aromatic carbocycles. The second-order valence-corrected chi connectivity index (χ2v) is 9.29. The predicted molar refractivity (Wildman–Crippen MR) is 128 cm³/mol. The normalized spacial score (nSPS) is 16.1. The van der Waals surface area contributed by atoms with Crippen molar-refractivity contribution in [2.24, 2.45) is 0 Å². The maximum absolute atomic E-state index is 12.9. The molecule has 0 bridgehead atoms. The van der Waals surface area contributed by atoms with Gasteiger partial charge in [-0.25, -0.2) is 4.98 Å². The smallest absolute Gasteiger partial charge is 0.223 e. The van der Waals surface area contributed by atoms with Gasteiger partial charge in [-0.3, -0.25) is 9.59 Å². The number of nitrogens with zero attached hydrogens (tertiary/aromatic N) is 2. The van der Waals surface area contributed by atoms with Crippen LogP contribution >= 0.6 is 11.3 Å². The number of aromatic amines is 1. The van der Waals surface area contributed by atoms with Crippen molar-refractivity contribution in [2.45, 2.75) is 38.1 Å². The molecule has 2 N–H and O–H groups in total. The standard InChI is InChI=1S/C25H26N4O2S/c30-23(26-14-13-17-16-27-19-7-2-1-6-18(17)19)11-12-24(31)29-15-5-9-21(29)25-28-20-8-3-4-10-22(20)32-25/h1-4,6-8,10,16,21,27H,5,9,11-15H2,(H,26,30). The monoisotopic (exact) mass is 446 g/mol. The molecule has 164 valence electrons. The molecule has 1 unspecified atom stereocenters. The average Bonchev–Trinajstić information content (AvgIpc) is 3.55. The molecule has 0 saturated carbocycles. The van der Waals surface area contributed by atoms with Crippen LogP contribution in [0.2, 0.25) is 0 Å². The summed E-state index contributed by atoms with van der Waals surface area (Å²) in [5, 5.41) is 5.15. The number of para-hydroxylation sites is 2. The fraction of sp³-hybridized carbons (Fsp3) is 0.320. The van der Waals surface area contributed by atoms with E-state index in [0.717, 1.165) is 46.5 Å². The van der Waals surface area contributed by atoms with Crippen LogP contribution in [0.5, 0.6) is 0 Å². The van der Waals surface area contributed by atoms with Crippen molar-refractivity contribution in [3.05, 3.63) is 65.3 Å². The number of carbonyl (C=O) groups is 2. The van der Waals surface area contributed by atoms with E-state index in [0.29, 0.717) is 6.54 Å². The molecule has 5 rings (SSSR count). The van der Waals surface area contributed by atoms with Crippen molar-refractivity contribution in [1.29, 1.82) is 0 Å². The fourth-order valence-electron chi connectivity index (χ4n) is 4.48. The molecule has 1 fully saturated rings. The zero-order chi connectivity index (χ0) is 21.9. The molecular weight excluding hydrogens is 420 g/mol. The Bertz CT molecular complexity index is 1230. The zero-order valence-electron chi connectivity index (χ0n) is 17.8. The third-order valence-corrected chi connectivity index (χ3v) is 7.26. The Balaban J connectivity index is 1.12. The molecular formula is C25H26N4O2S. The highest BCUT2D eigenvalue weighted by molar-refractivity contribution is 7.18. The number of hydrogen-bond donors (Lipinski definition) is 2. The Morgan fingerprint density at radius 1 is 1.12 bits per heavy atom. The summed E-state index contributed by atoms with van der Waals surface area (Å²) in [5.41, 5.74) is 3.28. The van der Waals surface area contributed by atoms with Gasteiger partial charge in [0.15, 0.2) is 0 Å². The first kappa shape index (κ1) is 20.7. The lowest BCUT2D eigenvalue weighted by Crippen LogP contribution is -2.32. The van der Waals surface area contributed by atoms with E-state index >= 15 is 0 Å². The Morgan fingerprint density at radius 2 is 1.97 bits per heavy atom. The topological polar surface area (TPSA) is 78.1 Å². The lowest BCUT2D eigenvalue weighted by molar-refractivity contribution is -0.134. The van der Waals surface area contributed by atoms with E-state index in [4.69, 9.17) is 4.98 Å². The molecule has 0 spiro atoms. The van der Waals surface area contributed by atoms with Crippen LogP contribution in [0.4, 0.5) is 0 Å². The first-order valence-electron chi connectivity index (χ1n) is 11.2. The van der Waals surface area contributed by atoms with E-state index in [1.165, 1.54) is 10.9 Å². The number of H-pyrrole nitrogens is 1. The first-order chi connectivity index (χ1) is 15.7. The first-order valence-corrected chi connectivity index (χ1v) is 12.0. The molecule has 32 heavy (non-hydrogen) atoms. The number of aromatic nitrogens is 2. The van der Waals surface area contributed by atoms with Crippen molar-refractivity contribution < 1.29 is 9.59 Å². The quantitative estimate of drug-likeness (QED) is 0.436. The van der Waals surface area contributed by atoms with Gasteiger partial charge in [-0.2, -0.15) is 0 Å².